The molecule has 4 rings (SSSR count). The zero-order valence-electron chi connectivity index (χ0n) is 18.7. The number of aliphatic hydroxyl groups excluding tert-OH is 1. The Labute approximate surface area is 190 Å². The molecule has 5 heteroatoms. The summed E-state index contributed by atoms with van der Waals surface area (Å²) in [5.41, 5.74) is 2.12. The van der Waals surface area contributed by atoms with Gasteiger partial charge in [0.15, 0.2) is 0 Å². The molecule has 0 aromatic heterocycles. The summed E-state index contributed by atoms with van der Waals surface area (Å²) in [6.45, 7) is 1.25. The fraction of sp³-hybridized carbons (Fsp3) is 0.333. The second kappa shape index (κ2) is 10.2. The number of ether oxygens (including phenoxy) is 3. The third kappa shape index (κ3) is 4.51. The third-order valence-corrected chi connectivity index (χ3v) is 6.20. The van der Waals surface area contributed by atoms with Crippen LogP contribution in [0.4, 0.5) is 0 Å². The summed E-state index contributed by atoms with van der Waals surface area (Å²) in [4.78, 5) is 0. The summed E-state index contributed by atoms with van der Waals surface area (Å²) in [6.07, 6.45) is 1.33. The Kier molecular flexibility index (Phi) is 7.10. The Bertz CT molecular complexity index is 925. The molecule has 2 unspecified atom stereocenters. The molecule has 3 aromatic rings. The highest BCUT2D eigenvalue weighted by Gasteiger charge is 2.39. The zero-order chi connectivity index (χ0) is 22.4. The number of rotatable bonds is 8. The summed E-state index contributed by atoms with van der Waals surface area (Å²) in [7, 11) is 3.32. The van der Waals surface area contributed by atoms with Gasteiger partial charge in [-0.25, -0.2) is 0 Å². The number of hydrogen-bond acceptors (Lipinski definition) is 5. The van der Waals surface area contributed by atoms with E-state index in [0.717, 1.165) is 47.6 Å². The molecule has 0 amide bonds. The van der Waals surface area contributed by atoms with Crippen LogP contribution in [0.1, 0.15) is 29.5 Å². The van der Waals surface area contributed by atoms with Crippen LogP contribution in [0.5, 0.6) is 11.5 Å². The van der Waals surface area contributed by atoms with Gasteiger partial charge in [-0.05, 0) is 60.3 Å². The van der Waals surface area contributed by atoms with Crippen molar-refractivity contribution >= 4 is 0 Å². The SMILES string of the molecule is COc1ccc(C(OCC2NCCCC2O)(c2ccccc2)c2ccc(OC)cc2)cc1. The van der Waals surface area contributed by atoms with Crippen LogP contribution >= 0.6 is 0 Å². The lowest BCUT2D eigenvalue weighted by Crippen LogP contribution is -2.49. The van der Waals surface area contributed by atoms with E-state index < -0.39 is 11.7 Å². The predicted molar refractivity (Wildman–Crippen MR) is 125 cm³/mol. The first-order chi connectivity index (χ1) is 15.7. The van der Waals surface area contributed by atoms with Gasteiger partial charge in [0.25, 0.3) is 0 Å². The molecular formula is C27H31NO4. The molecule has 1 saturated heterocycles. The molecule has 5 nitrogen and oxygen atoms in total. The van der Waals surface area contributed by atoms with Crippen molar-refractivity contribution in [3.8, 4) is 11.5 Å². The average molecular weight is 434 g/mol. The van der Waals surface area contributed by atoms with Crippen molar-refractivity contribution < 1.29 is 19.3 Å². The maximum Gasteiger partial charge on any atom is 0.143 e. The minimum atomic E-state index is -0.862. The molecule has 2 N–H and O–H groups in total. The first kappa shape index (κ1) is 22.3. The Morgan fingerprint density at radius 1 is 0.812 bits per heavy atom. The number of aliphatic hydroxyl groups is 1. The highest BCUT2D eigenvalue weighted by Crippen LogP contribution is 2.41. The van der Waals surface area contributed by atoms with Crippen LogP contribution < -0.4 is 14.8 Å². The smallest absolute Gasteiger partial charge is 0.143 e. The average Bonchev–Trinajstić information content (AvgIpc) is 2.87. The van der Waals surface area contributed by atoms with Crippen molar-refractivity contribution in [3.05, 3.63) is 95.6 Å². The van der Waals surface area contributed by atoms with Crippen LogP contribution in [0.3, 0.4) is 0 Å². The number of hydrogen-bond donors (Lipinski definition) is 2. The van der Waals surface area contributed by atoms with Gasteiger partial charge in [0.2, 0.25) is 0 Å². The lowest BCUT2D eigenvalue weighted by atomic mass is 9.80. The van der Waals surface area contributed by atoms with Gasteiger partial charge in [-0.3, -0.25) is 0 Å². The van der Waals surface area contributed by atoms with E-state index in [9.17, 15) is 5.11 Å². The van der Waals surface area contributed by atoms with E-state index in [-0.39, 0.29) is 6.04 Å². The van der Waals surface area contributed by atoms with Crippen molar-refractivity contribution in [3.63, 3.8) is 0 Å². The highest BCUT2D eigenvalue weighted by molar-refractivity contribution is 5.49. The van der Waals surface area contributed by atoms with E-state index in [0.29, 0.717) is 6.61 Å². The predicted octanol–water partition coefficient (Wildman–Crippen LogP) is 4.13. The summed E-state index contributed by atoms with van der Waals surface area (Å²) < 4.78 is 17.6. The Morgan fingerprint density at radius 2 is 1.34 bits per heavy atom. The zero-order valence-corrected chi connectivity index (χ0v) is 18.7. The van der Waals surface area contributed by atoms with Gasteiger partial charge >= 0.3 is 0 Å². The largest absolute Gasteiger partial charge is 0.497 e. The van der Waals surface area contributed by atoms with E-state index in [1.54, 1.807) is 14.2 Å². The van der Waals surface area contributed by atoms with Crippen molar-refractivity contribution in [2.45, 2.75) is 30.6 Å². The fourth-order valence-electron chi connectivity index (χ4n) is 4.39. The van der Waals surface area contributed by atoms with Crippen LogP contribution in [-0.4, -0.2) is 44.6 Å². The Hall–Kier alpha value is -2.86. The van der Waals surface area contributed by atoms with Gasteiger partial charge in [0.05, 0.1) is 33.0 Å². The highest BCUT2D eigenvalue weighted by atomic mass is 16.5. The molecule has 1 aliphatic rings. The van der Waals surface area contributed by atoms with E-state index in [4.69, 9.17) is 14.2 Å². The number of piperidine rings is 1. The van der Waals surface area contributed by atoms with Crippen molar-refractivity contribution in [1.82, 2.24) is 5.32 Å². The van der Waals surface area contributed by atoms with Crippen molar-refractivity contribution in [2.24, 2.45) is 0 Å². The Balaban J connectivity index is 1.83. The second-order valence-corrected chi connectivity index (χ2v) is 8.09. The van der Waals surface area contributed by atoms with Crippen LogP contribution in [0, 0.1) is 0 Å². The monoisotopic (exact) mass is 433 g/mol. The lowest BCUT2D eigenvalue weighted by molar-refractivity contribution is -0.0310. The fourth-order valence-corrected chi connectivity index (χ4v) is 4.39. The quantitative estimate of drug-likeness (QED) is 0.523. The van der Waals surface area contributed by atoms with Gasteiger partial charge in [-0.2, -0.15) is 0 Å². The molecule has 2 atom stereocenters. The molecule has 1 aliphatic heterocycles. The van der Waals surface area contributed by atoms with Crippen LogP contribution in [0.2, 0.25) is 0 Å². The molecule has 1 fully saturated rings. The molecule has 3 aromatic carbocycles. The standard InChI is InChI=1S/C27H31NO4/c1-30-23-14-10-21(11-15-23)27(20-7-4-3-5-8-20,22-12-16-24(31-2)17-13-22)32-19-25-26(29)9-6-18-28-25/h3-5,7-8,10-17,25-26,28-29H,6,9,18-19H2,1-2H3. The molecule has 1 heterocycles. The normalized spacial score (nSPS) is 18.8. The van der Waals surface area contributed by atoms with Crippen LogP contribution in [0.25, 0.3) is 0 Å². The summed E-state index contributed by atoms with van der Waals surface area (Å²) in [5, 5.41) is 14.0. The Morgan fingerprint density at radius 3 is 1.84 bits per heavy atom. The molecule has 168 valence electrons. The van der Waals surface area contributed by atoms with Crippen LogP contribution in [-0.2, 0) is 10.3 Å². The first-order valence-electron chi connectivity index (χ1n) is 11.1. The second-order valence-electron chi connectivity index (χ2n) is 8.09. The first-order valence-corrected chi connectivity index (χ1v) is 11.1. The summed E-state index contributed by atoms with van der Waals surface area (Å²) >= 11 is 0. The lowest BCUT2D eigenvalue weighted by Gasteiger charge is -2.39. The molecule has 0 bridgehead atoms. The van der Waals surface area contributed by atoms with Gasteiger partial charge < -0.3 is 24.6 Å². The van der Waals surface area contributed by atoms with E-state index in [1.807, 2.05) is 66.7 Å². The molecule has 0 radical (unpaired) electrons. The minimum absolute atomic E-state index is 0.122. The van der Waals surface area contributed by atoms with Gasteiger partial charge in [-0.15, -0.1) is 0 Å². The maximum atomic E-state index is 10.5. The molecule has 0 aliphatic carbocycles. The minimum Gasteiger partial charge on any atom is -0.497 e. The number of methoxy groups -OCH3 is 2. The molecule has 32 heavy (non-hydrogen) atoms. The topological polar surface area (TPSA) is 60.0 Å². The number of nitrogens with one attached hydrogen (secondary N) is 1. The maximum absolute atomic E-state index is 10.5. The number of benzene rings is 3. The molecule has 0 spiro atoms. The van der Waals surface area contributed by atoms with Crippen molar-refractivity contribution in [2.75, 3.05) is 27.4 Å². The molecular weight excluding hydrogens is 402 g/mol. The van der Waals surface area contributed by atoms with Gasteiger partial charge in [0, 0.05) is 0 Å². The summed E-state index contributed by atoms with van der Waals surface area (Å²) in [5.74, 6) is 1.57. The van der Waals surface area contributed by atoms with Crippen LogP contribution in [0.15, 0.2) is 78.9 Å². The molecule has 0 saturated carbocycles. The van der Waals surface area contributed by atoms with E-state index >= 15 is 0 Å². The van der Waals surface area contributed by atoms with E-state index in [1.165, 1.54) is 0 Å². The third-order valence-electron chi connectivity index (χ3n) is 6.20. The van der Waals surface area contributed by atoms with E-state index in [2.05, 4.69) is 17.4 Å². The van der Waals surface area contributed by atoms with Crippen molar-refractivity contribution in [1.29, 1.82) is 0 Å². The summed E-state index contributed by atoms with van der Waals surface area (Å²) in [6, 6.07) is 26.1. The van der Waals surface area contributed by atoms with Gasteiger partial charge in [0.1, 0.15) is 17.1 Å². The van der Waals surface area contributed by atoms with Gasteiger partial charge in [-0.1, -0.05) is 54.6 Å².